The summed E-state index contributed by atoms with van der Waals surface area (Å²) in [4.78, 5) is 57.3. The Morgan fingerprint density at radius 2 is 1.56 bits per heavy atom. The van der Waals surface area contributed by atoms with Gasteiger partial charge < -0.3 is 39.0 Å². The molecule has 2 N–H and O–H groups in total. The minimum Gasteiger partial charge on any atom is -0.460 e. The molecule has 0 aromatic heterocycles. The van der Waals surface area contributed by atoms with E-state index < -0.39 is 72.1 Å². The maximum atomic E-state index is 14.9. The zero-order chi connectivity index (χ0) is 46.4. The zero-order valence-corrected chi connectivity index (χ0v) is 38.0. The molecule has 2 heterocycles. The van der Waals surface area contributed by atoms with Crippen molar-refractivity contribution in [2.24, 2.45) is 5.92 Å². The number of epoxide rings is 1. The number of nitrogens with zero attached hydrogens (tertiary/aromatic N) is 1. The third-order valence-corrected chi connectivity index (χ3v) is 12.7. The number of likely N-dealkylation sites (N-methyl/N-ethyl adjacent to an activating group) is 1. The average Bonchev–Trinajstić information content (AvgIpc) is 3.99. The highest BCUT2D eigenvalue weighted by Gasteiger charge is 2.55. The second-order valence-electron chi connectivity index (χ2n) is 18.8. The van der Waals surface area contributed by atoms with Gasteiger partial charge in [-0.05, 0) is 81.7 Å². The Labute approximate surface area is 386 Å². The van der Waals surface area contributed by atoms with Gasteiger partial charge in [-0.25, -0.2) is 4.79 Å². The average molecular weight is 897 g/mol. The van der Waals surface area contributed by atoms with Gasteiger partial charge in [-0.15, -0.1) is 0 Å². The third kappa shape index (κ3) is 11.2. The van der Waals surface area contributed by atoms with Crippen molar-refractivity contribution in [3.63, 3.8) is 0 Å². The number of aliphatic hydroxyl groups excluding tert-OH is 1. The summed E-state index contributed by atoms with van der Waals surface area (Å²) in [5.74, 6) is -3.01. The number of benzene rings is 4. The number of esters is 2. The van der Waals surface area contributed by atoms with Gasteiger partial charge >= 0.3 is 11.9 Å². The summed E-state index contributed by atoms with van der Waals surface area (Å²) in [6.07, 6.45) is 7.46. The van der Waals surface area contributed by atoms with Crippen LogP contribution < -0.4 is 5.32 Å². The molecule has 4 aliphatic rings. The van der Waals surface area contributed by atoms with Crippen LogP contribution in [0.25, 0.3) is 6.08 Å². The van der Waals surface area contributed by atoms with Crippen LogP contribution in [-0.2, 0) is 50.3 Å². The first-order chi connectivity index (χ1) is 31.8. The second-order valence-corrected chi connectivity index (χ2v) is 18.8. The Bertz CT molecular complexity index is 2360. The summed E-state index contributed by atoms with van der Waals surface area (Å²) in [6.45, 7) is 4.89. The molecule has 12 heteroatoms. The SMILES string of the molecule is CN(C(=O)C1=CC2OC(c3ccccc3)(c3ccccc3)OC2C(OC(=O)c2cccc(C=CC3CCC4OC4C3)c2)C1)C(Cc1ccccc1)C(=O)NC(CO)CCC(=O)OC(C)(C)C. The lowest BCUT2D eigenvalue weighted by molar-refractivity contribution is -0.157. The molecule has 2 aliphatic carbocycles. The number of fused-ring (bicyclic) bond motifs is 2. The van der Waals surface area contributed by atoms with Gasteiger partial charge in [0.15, 0.2) is 0 Å². The fraction of sp³-hybridized carbons (Fsp3) is 0.407. The number of hydrogen-bond acceptors (Lipinski definition) is 10. The first-order valence-electron chi connectivity index (χ1n) is 23.0. The molecule has 3 fully saturated rings. The van der Waals surface area contributed by atoms with E-state index in [1.165, 1.54) is 4.90 Å². The highest BCUT2D eigenvalue weighted by Crippen LogP contribution is 2.47. The van der Waals surface area contributed by atoms with Crippen LogP contribution in [0.3, 0.4) is 0 Å². The van der Waals surface area contributed by atoms with E-state index in [2.05, 4.69) is 11.4 Å². The zero-order valence-electron chi connectivity index (χ0n) is 38.0. The molecule has 1 saturated carbocycles. The number of carbonyl (C=O) groups is 4. The molecule has 66 heavy (non-hydrogen) atoms. The molecule has 8 atom stereocenters. The van der Waals surface area contributed by atoms with E-state index in [-0.39, 0.29) is 31.3 Å². The molecule has 4 aromatic rings. The van der Waals surface area contributed by atoms with Crippen molar-refractivity contribution in [2.45, 2.75) is 120 Å². The third-order valence-electron chi connectivity index (χ3n) is 12.7. The predicted octanol–water partition coefficient (Wildman–Crippen LogP) is 7.48. The number of carbonyl (C=O) groups excluding carboxylic acids is 4. The van der Waals surface area contributed by atoms with Gasteiger partial charge in [0.05, 0.1) is 30.4 Å². The van der Waals surface area contributed by atoms with Crippen molar-refractivity contribution in [3.05, 3.63) is 161 Å². The number of allylic oxidation sites excluding steroid dienone is 1. The van der Waals surface area contributed by atoms with Crippen LogP contribution in [0.4, 0.5) is 0 Å². The van der Waals surface area contributed by atoms with Crippen LogP contribution in [0, 0.1) is 5.92 Å². The molecule has 8 rings (SSSR count). The predicted molar refractivity (Wildman–Crippen MR) is 248 cm³/mol. The first kappa shape index (κ1) is 46.6. The largest absolute Gasteiger partial charge is 0.460 e. The molecular weight excluding hydrogens is 837 g/mol. The van der Waals surface area contributed by atoms with Crippen molar-refractivity contribution in [1.29, 1.82) is 0 Å². The van der Waals surface area contributed by atoms with Crippen molar-refractivity contribution in [1.82, 2.24) is 10.2 Å². The number of aliphatic hydroxyl groups is 1. The van der Waals surface area contributed by atoms with Gasteiger partial charge in [-0.3, -0.25) is 14.4 Å². The van der Waals surface area contributed by atoms with E-state index in [4.69, 9.17) is 23.7 Å². The summed E-state index contributed by atoms with van der Waals surface area (Å²) in [7, 11) is 1.56. The Kier molecular flexibility index (Phi) is 14.3. The summed E-state index contributed by atoms with van der Waals surface area (Å²) in [5.41, 5.74) is 3.06. The Morgan fingerprint density at radius 1 is 0.879 bits per heavy atom. The fourth-order valence-electron chi connectivity index (χ4n) is 9.22. The molecule has 0 spiro atoms. The minimum absolute atomic E-state index is 0.0238. The quantitative estimate of drug-likeness (QED) is 0.0856. The highest BCUT2D eigenvalue weighted by atomic mass is 16.8. The molecule has 2 aliphatic heterocycles. The number of rotatable bonds is 16. The maximum Gasteiger partial charge on any atom is 0.338 e. The number of nitrogens with one attached hydrogen (secondary N) is 1. The lowest BCUT2D eigenvalue weighted by Crippen LogP contribution is -2.53. The van der Waals surface area contributed by atoms with Crippen molar-refractivity contribution < 1.29 is 48.0 Å². The smallest absolute Gasteiger partial charge is 0.338 e. The van der Waals surface area contributed by atoms with E-state index in [1.807, 2.05) is 109 Å². The van der Waals surface area contributed by atoms with Crippen LogP contribution in [0.15, 0.2) is 133 Å². The van der Waals surface area contributed by atoms with Crippen LogP contribution in [0.5, 0.6) is 0 Å². The second kappa shape index (κ2) is 20.3. The van der Waals surface area contributed by atoms with Gasteiger partial charge in [0.1, 0.15) is 30.0 Å². The normalized spacial score (nSPS) is 23.9. The van der Waals surface area contributed by atoms with Crippen LogP contribution in [-0.4, -0.2) is 95.6 Å². The van der Waals surface area contributed by atoms with E-state index in [0.717, 1.165) is 41.5 Å². The Morgan fingerprint density at radius 3 is 2.21 bits per heavy atom. The van der Waals surface area contributed by atoms with Crippen molar-refractivity contribution in [3.8, 4) is 0 Å². The monoisotopic (exact) mass is 896 g/mol. The van der Waals surface area contributed by atoms with Crippen molar-refractivity contribution >= 4 is 29.8 Å². The summed E-state index contributed by atoms with van der Waals surface area (Å²) in [5, 5.41) is 13.2. The molecule has 0 bridgehead atoms. The first-order valence-corrected chi connectivity index (χ1v) is 23.0. The van der Waals surface area contributed by atoms with Gasteiger partial charge in [-0.2, -0.15) is 0 Å². The molecule has 8 unspecified atom stereocenters. The molecular formula is C54H60N2O10. The van der Waals surface area contributed by atoms with Crippen LogP contribution in [0.1, 0.15) is 91.9 Å². The van der Waals surface area contributed by atoms with Gasteiger partial charge in [0.2, 0.25) is 17.6 Å². The van der Waals surface area contributed by atoms with E-state index in [9.17, 15) is 24.3 Å². The standard InChI is InChI=1S/C54H60N2O10/c1-53(2,3)65-48(58)28-26-42(34-57)55-50(59)43(30-35-15-8-5-9-16-35)56(4)51(60)39-32-46(63-52(61)38-18-14-17-36(29-38)23-24-37-25-27-44-45(31-37)62-44)49-47(33-39)64-54(66-49,40-19-10-6-11-20-40)41-21-12-7-13-22-41/h5-24,29,33,37,42-47,49,57H,25-28,30-32,34H2,1-4H3,(H,55,59). The number of amides is 2. The van der Waals surface area contributed by atoms with Gasteiger partial charge in [0.25, 0.3) is 0 Å². The van der Waals surface area contributed by atoms with Gasteiger partial charge in [0, 0.05) is 43.0 Å². The number of ether oxygens (including phenoxy) is 5. The summed E-state index contributed by atoms with van der Waals surface area (Å²) in [6, 6.07) is 33.9. The molecule has 4 aromatic carbocycles. The molecule has 346 valence electrons. The molecule has 2 saturated heterocycles. The maximum absolute atomic E-state index is 14.9. The topological polar surface area (TPSA) is 153 Å². The lowest BCUT2D eigenvalue weighted by atomic mass is 9.88. The van der Waals surface area contributed by atoms with Gasteiger partial charge in [-0.1, -0.05) is 115 Å². The molecule has 0 radical (unpaired) electrons. The minimum atomic E-state index is -1.41. The number of hydrogen-bond donors (Lipinski definition) is 2. The fourth-order valence-corrected chi connectivity index (χ4v) is 9.22. The summed E-state index contributed by atoms with van der Waals surface area (Å²) >= 11 is 0. The summed E-state index contributed by atoms with van der Waals surface area (Å²) < 4.78 is 31.5. The lowest BCUT2D eigenvalue weighted by Gasteiger charge is -2.34. The Hall–Kier alpha value is -5.92. The highest BCUT2D eigenvalue weighted by molar-refractivity contribution is 5.97. The van der Waals surface area contributed by atoms with Crippen LogP contribution in [0.2, 0.25) is 0 Å². The Balaban J connectivity index is 1.07. The molecule has 12 nitrogen and oxygen atoms in total. The van der Waals surface area contributed by atoms with E-state index in [0.29, 0.717) is 23.7 Å². The van der Waals surface area contributed by atoms with Crippen LogP contribution >= 0.6 is 0 Å². The molecule has 2 amide bonds. The van der Waals surface area contributed by atoms with E-state index in [1.54, 1.807) is 46.0 Å². The van der Waals surface area contributed by atoms with E-state index >= 15 is 0 Å². The van der Waals surface area contributed by atoms with Crippen molar-refractivity contribution in [2.75, 3.05) is 13.7 Å².